The van der Waals surface area contributed by atoms with E-state index < -0.39 is 0 Å². The van der Waals surface area contributed by atoms with Crippen molar-refractivity contribution in [3.63, 3.8) is 0 Å². The Balaban J connectivity index is 0.00000132. The minimum absolute atomic E-state index is 0. The summed E-state index contributed by atoms with van der Waals surface area (Å²) in [6.07, 6.45) is 4.41. The van der Waals surface area contributed by atoms with Gasteiger partial charge in [0, 0.05) is 12.1 Å². The number of aromatic nitrogens is 1. The first kappa shape index (κ1) is 20.0. The topological polar surface area (TPSA) is 41.3 Å². The molecular weight excluding hydrogens is 333 g/mol. The number of hydrogen-bond donors (Lipinski definition) is 1. The zero-order valence-electron chi connectivity index (χ0n) is 13.4. The molecule has 0 amide bonds. The van der Waals surface area contributed by atoms with Crippen LogP contribution < -0.4 is 5.32 Å². The van der Waals surface area contributed by atoms with Crippen molar-refractivity contribution in [2.75, 3.05) is 26.7 Å². The number of halogens is 2. The van der Waals surface area contributed by atoms with Gasteiger partial charge in [0.05, 0.1) is 12.7 Å². The molecule has 1 aromatic carbocycles. The molecule has 0 radical (unpaired) electrons. The average Bonchev–Trinajstić information content (AvgIpc) is 2.97. The van der Waals surface area contributed by atoms with Gasteiger partial charge in [-0.1, -0.05) is 30.3 Å². The standard InChI is InChI=1S/C17H23N3O.2ClH/c1-18-10-14-6-5-9-20(12-14)13-17-19-11-16(21-17)15-7-3-2-4-8-15;;/h2-4,7-8,11,14,18H,5-6,9-10,12-13H2,1H3;2*1H. The Morgan fingerprint density at radius 1 is 1.26 bits per heavy atom. The summed E-state index contributed by atoms with van der Waals surface area (Å²) in [6.45, 7) is 4.18. The smallest absolute Gasteiger partial charge is 0.209 e. The van der Waals surface area contributed by atoms with Crippen LogP contribution in [0.15, 0.2) is 40.9 Å². The Labute approximate surface area is 150 Å². The van der Waals surface area contributed by atoms with Crippen molar-refractivity contribution >= 4 is 24.8 Å². The monoisotopic (exact) mass is 357 g/mol. The Hall–Kier alpha value is -1.07. The summed E-state index contributed by atoms with van der Waals surface area (Å²) in [5.41, 5.74) is 1.09. The van der Waals surface area contributed by atoms with Crippen LogP contribution in [-0.2, 0) is 6.54 Å². The first-order chi connectivity index (χ1) is 10.3. The molecule has 1 aliphatic rings. The van der Waals surface area contributed by atoms with Crippen LogP contribution in [-0.4, -0.2) is 36.6 Å². The van der Waals surface area contributed by atoms with Crippen molar-refractivity contribution in [2.45, 2.75) is 19.4 Å². The fourth-order valence-corrected chi connectivity index (χ4v) is 3.06. The van der Waals surface area contributed by atoms with E-state index in [4.69, 9.17) is 4.42 Å². The maximum atomic E-state index is 5.90. The summed E-state index contributed by atoms with van der Waals surface area (Å²) in [4.78, 5) is 6.88. The lowest BCUT2D eigenvalue weighted by Crippen LogP contribution is -2.38. The van der Waals surface area contributed by atoms with E-state index in [1.807, 2.05) is 43.6 Å². The number of oxazole rings is 1. The molecule has 1 unspecified atom stereocenters. The van der Waals surface area contributed by atoms with E-state index in [1.165, 1.54) is 12.8 Å². The molecule has 2 aromatic rings. The third kappa shape index (κ3) is 5.50. The van der Waals surface area contributed by atoms with Gasteiger partial charge < -0.3 is 9.73 Å². The van der Waals surface area contributed by atoms with E-state index >= 15 is 0 Å². The minimum Gasteiger partial charge on any atom is -0.439 e. The van der Waals surface area contributed by atoms with E-state index in [0.29, 0.717) is 0 Å². The third-order valence-corrected chi connectivity index (χ3v) is 4.07. The molecule has 2 heterocycles. The molecule has 128 valence electrons. The summed E-state index contributed by atoms with van der Waals surface area (Å²) < 4.78 is 5.90. The van der Waals surface area contributed by atoms with Crippen LogP contribution in [0.2, 0.25) is 0 Å². The van der Waals surface area contributed by atoms with Crippen LogP contribution in [0.3, 0.4) is 0 Å². The quantitative estimate of drug-likeness (QED) is 0.887. The molecule has 1 aliphatic heterocycles. The second-order valence-electron chi connectivity index (χ2n) is 5.79. The maximum Gasteiger partial charge on any atom is 0.209 e. The van der Waals surface area contributed by atoms with Crippen molar-refractivity contribution in [1.82, 2.24) is 15.2 Å². The van der Waals surface area contributed by atoms with Gasteiger partial charge in [-0.3, -0.25) is 4.90 Å². The van der Waals surface area contributed by atoms with Crippen molar-refractivity contribution in [3.8, 4) is 11.3 Å². The van der Waals surface area contributed by atoms with Crippen LogP contribution in [0.4, 0.5) is 0 Å². The lowest BCUT2D eigenvalue weighted by molar-refractivity contribution is 0.154. The van der Waals surface area contributed by atoms with E-state index in [2.05, 4.69) is 15.2 Å². The molecule has 4 nitrogen and oxygen atoms in total. The maximum absolute atomic E-state index is 5.90. The van der Waals surface area contributed by atoms with Crippen LogP contribution in [0.5, 0.6) is 0 Å². The molecule has 3 rings (SSSR count). The Kier molecular flexibility index (Phi) is 8.63. The second-order valence-corrected chi connectivity index (χ2v) is 5.79. The highest BCUT2D eigenvalue weighted by Gasteiger charge is 2.20. The average molecular weight is 358 g/mol. The molecule has 1 fully saturated rings. The van der Waals surface area contributed by atoms with Gasteiger partial charge >= 0.3 is 0 Å². The Morgan fingerprint density at radius 3 is 2.78 bits per heavy atom. The molecule has 1 atom stereocenters. The van der Waals surface area contributed by atoms with E-state index in [1.54, 1.807) is 0 Å². The number of rotatable bonds is 5. The summed E-state index contributed by atoms with van der Waals surface area (Å²) in [7, 11) is 2.03. The second kappa shape index (κ2) is 9.93. The summed E-state index contributed by atoms with van der Waals surface area (Å²) in [6, 6.07) is 10.1. The van der Waals surface area contributed by atoms with Gasteiger partial charge in [0.25, 0.3) is 0 Å². The van der Waals surface area contributed by atoms with Crippen LogP contribution in [0, 0.1) is 5.92 Å². The highest BCUT2D eigenvalue weighted by atomic mass is 35.5. The molecule has 1 saturated heterocycles. The molecule has 0 saturated carbocycles. The van der Waals surface area contributed by atoms with Crippen molar-refractivity contribution in [3.05, 3.63) is 42.4 Å². The largest absolute Gasteiger partial charge is 0.439 e. The SMILES string of the molecule is CNCC1CCCN(Cc2ncc(-c3ccccc3)o2)C1.Cl.Cl. The molecule has 1 N–H and O–H groups in total. The van der Waals surface area contributed by atoms with Gasteiger partial charge in [-0.2, -0.15) is 0 Å². The number of benzene rings is 1. The van der Waals surface area contributed by atoms with Crippen LogP contribution in [0.25, 0.3) is 11.3 Å². The van der Waals surface area contributed by atoms with Crippen molar-refractivity contribution < 1.29 is 4.42 Å². The number of likely N-dealkylation sites (tertiary alicyclic amines) is 1. The van der Waals surface area contributed by atoms with Gasteiger partial charge in [0.2, 0.25) is 5.89 Å². The first-order valence-electron chi connectivity index (χ1n) is 7.72. The summed E-state index contributed by atoms with van der Waals surface area (Å²) in [5, 5.41) is 3.28. The minimum atomic E-state index is 0. The number of nitrogens with one attached hydrogen (secondary N) is 1. The van der Waals surface area contributed by atoms with Gasteiger partial charge in [0.15, 0.2) is 5.76 Å². The highest BCUT2D eigenvalue weighted by Crippen LogP contribution is 2.22. The van der Waals surface area contributed by atoms with Crippen molar-refractivity contribution in [2.24, 2.45) is 5.92 Å². The normalized spacial score (nSPS) is 18.0. The third-order valence-electron chi connectivity index (χ3n) is 4.07. The summed E-state index contributed by atoms with van der Waals surface area (Å²) in [5.74, 6) is 2.42. The van der Waals surface area contributed by atoms with Gasteiger partial charge in [-0.25, -0.2) is 4.98 Å². The van der Waals surface area contributed by atoms with E-state index in [0.717, 1.165) is 49.3 Å². The van der Waals surface area contributed by atoms with Crippen LogP contribution >= 0.6 is 24.8 Å². The first-order valence-corrected chi connectivity index (χ1v) is 7.72. The molecule has 0 aliphatic carbocycles. The number of hydrogen-bond acceptors (Lipinski definition) is 4. The van der Waals surface area contributed by atoms with Crippen molar-refractivity contribution in [1.29, 1.82) is 0 Å². The van der Waals surface area contributed by atoms with Gasteiger partial charge in [-0.05, 0) is 38.9 Å². The fourth-order valence-electron chi connectivity index (χ4n) is 3.06. The molecule has 6 heteroatoms. The Morgan fingerprint density at radius 2 is 2.04 bits per heavy atom. The van der Waals surface area contributed by atoms with Gasteiger partial charge in [0.1, 0.15) is 0 Å². The molecule has 0 bridgehead atoms. The fraction of sp³-hybridized carbons (Fsp3) is 0.471. The lowest BCUT2D eigenvalue weighted by atomic mass is 9.98. The number of nitrogens with zero attached hydrogens (tertiary/aromatic N) is 2. The Bertz CT molecular complexity index is 560. The highest BCUT2D eigenvalue weighted by molar-refractivity contribution is 5.85. The predicted molar refractivity (Wildman–Crippen MR) is 98.4 cm³/mol. The lowest BCUT2D eigenvalue weighted by Gasteiger charge is -2.31. The zero-order valence-corrected chi connectivity index (χ0v) is 15.0. The van der Waals surface area contributed by atoms with Crippen LogP contribution in [0.1, 0.15) is 18.7 Å². The van der Waals surface area contributed by atoms with E-state index in [-0.39, 0.29) is 24.8 Å². The number of piperidine rings is 1. The van der Waals surface area contributed by atoms with E-state index in [9.17, 15) is 0 Å². The zero-order chi connectivity index (χ0) is 14.5. The van der Waals surface area contributed by atoms with Gasteiger partial charge in [-0.15, -0.1) is 24.8 Å². The molecule has 0 spiro atoms. The predicted octanol–water partition coefficient (Wildman–Crippen LogP) is 3.62. The molecule has 1 aromatic heterocycles. The summed E-state index contributed by atoms with van der Waals surface area (Å²) >= 11 is 0. The molecule has 23 heavy (non-hydrogen) atoms. The molecular formula is C17H25Cl2N3O.